The van der Waals surface area contributed by atoms with Crippen LogP contribution in [0.5, 0.6) is 0 Å². The Morgan fingerprint density at radius 1 is 1.15 bits per heavy atom. The van der Waals surface area contributed by atoms with Crippen LogP contribution in [0.15, 0.2) is 42.7 Å². The molecule has 3 aromatic heterocycles. The van der Waals surface area contributed by atoms with Crippen molar-refractivity contribution < 1.29 is 0 Å². The fourth-order valence-electron chi connectivity index (χ4n) is 2.08. The predicted octanol–water partition coefficient (Wildman–Crippen LogP) is 1.77. The molecule has 0 saturated carbocycles. The number of hydrogen-bond donors (Lipinski definition) is 1. The minimum Gasteiger partial charge on any atom is -0.311 e. The summed E-state index contributed by atoms with van der Waals surface area (Å²) in [6, 6.07) is 10.0. The van der Waals surface area contributed by atoms with Crippen molar-refractivity contribution >= 4 is 5.65 Å². The van der Waals surface area contributed by atoms with E-state index < -0.39 is 0 Å². The topological polar surface area (TPSA) is 55.1 Å². The van der Waals surface area contributed by atoms with Crippen LogP contribution >= 0.6 is 0 Å². The zero-order valence-corrected chi connectivity index (χ0v) is 11.5. The Balaban J connectivity index is 1.54. The molecule has 0 radical (unpaired) electrons. The Hall–Kier alpha value is -2.27. The van der Waals surface area contributed by atoms with E-state index in [1.165, 1.54) is 5.56 Å². The lowest BCUT2D eigenvalue weighted by Gasteiger charge is -2.04. The average Bonchev–Trinajstić information content (AvgIpc) is 2.89. The molecule has 0 aliphatic rings. The van der Waals surface area contributed by atoms with Gasteiger partial charge in [0.2, 0.25) is 0 Å². The van der Waals surface area contributed by atoms with Crippen molar-refractivity contribution in [1.29, 1.82) is 0 Å². The van der Waals surface area contributed by atoms with Crippen molar-refractivity contribution in [3.63, 3.8) is 0 Å². The maximum atomic E-state index is 4.37. The smallest absolute Gasteiger partial charge is 0.160 e. The quantitative estimate of drug-likeness (QED) is 0.716. The number of pyridine rings is 2. The molecule has 5 nitrogen and oxygen atoms in total. The first kappa shape index (κ1) is 12.7. The van der Waals surface area contributed by atoms with Crippen molar-refractivity contribution in [2.45, 2.75) is 19.9 Å². The molecule has 20 heavy (non-hydrogen) atoms. The zero-order chi connectivity index (χ0) is 13.8. The van der Waals surface area contributed by atoms with E-state index in [-0.39, 0.29) is 0 Å². The van der Waals surface area contributed by atoms with Crippen LogP contribution in [0.1, 0.15) is 17.1 Å². The minimum absolute atomic E-state index is 0.775. The molecule has 0 bridgehead atoms. The van der Waals surface area contributed by atoms with E-state index in [0.717, 1.165) is 36.7 Å². The molecule has 0 spiro atoms. The predicted molar refractivity (Wildman–Crippen MR) is 77.4 cm³/mol. The maximum absolute atomic E-state index is 4.37. The second-order valence-corrected chi connectivity index (χ2v) is 4.80. The molecule has 3 aromatic rings. The van der Waals surface area contributed by atoms with Gasteiger partial charge in [-0.2, -0.15) is 0 Å². The van der Waals surface area contributed by atoms with Gasteiger partial charge in [0.1, 0.15) is 5.82 Å². The fourth-order valence-corrected chi connectivity index (χ4v) is 2.08. The molecular weight excluding hydrogens is 250 g/mol. The van der Waals surface area contributed by atoms with Crippen LogP contribution in [0.4, 0.5) is 0 Å². The van der Waals surface area contributed by atoms with Crippen molar-refractivity contribution in [2.24, 2.45) is 0 Å². The van der Waals surface area contributed by atoms with Gasteiger partial charge >= 0.3 is 0 Å². The summed E-state index contributed by atoms with van der Waals surface area (Å²) < 4.78 is 2.02. The van der Waals surface area contributed by atoms with Crippen molar-refractivity contribution in [3.8, 4) is 0 Å². The average molecular weight is 267 g/mol. The van der Waals surface area contributed by atoms with Crippen molar-refractivity contribution in [2.75, 3.05) is 6.54 Å². The summed E-state index contributed by atoms with van der Waals surface area (Å²) in [5.41, 5.74) is 3.13. The Bertz CT molecular complexity index is 687. The number of fused-ring (bicyclic) bond motifs is 1. The SMILES string of the molecule is Cc1ccc(CNCCc2nnc3ccccn23)nc1. The summed E-state index contributed by atoms with van der Waals surface area (Å²) in [7, 11) is 0. The standard InChI is InChI=1S/C15H17N5/c1-12-5-6-13(17-10-12)11-16-8-7-15-19-18-14-4-2-3-9-20(14)15/h2-6,9-10,16H,7-8,11H2,1H3. The lowest BCUT2D eigenvalue weighted by Crippen LogP contribution is -2.18. The summed E-state index contributed by atoms with van der Waals surface area (Å²) in [5.74, 6) is 0.977. The molecule has 5 heteroatoms. The Labute approximate surface area is 117 Å². The Kier molecular flexibility index (Phi) is 3.69. The third kappa shape index (κ3) is 2.83. The highest BCUT2D eigenvalue weighted by Crippen LogP contribution is 2.03. The zero-order valence-electron chi connectivity index (χ0n) is 11.5. The molecule has 3 rings (SSSR count). The molecule has 0 saturated heterocycles. The van der Waals surface area contributed by atoms with E-state index in [1.807, 2.05) is 41.9 Å². The molecule has 0 fully saturated rings. The van der Waals surface area contributed by atoms with Crippen molar-refractivity contribution in [1.82, 2.24) is 24.9 Å². The molecule has 0 aliphatic heterocycles. The van der Waals surface area contributed by atoms with E-state index in [9.17, 15) is 0 Å². The van der Waals surface area contributed by atoms with Gasteiger partial charge in [0.05, 0.1) is 5.69 Å². The second kappa shape index (κ2) is 5.79. The first-order valence-electron chi connectivity index (χ1n) is 6.74. The number of hydrogen-bond acceptors (Lipinski definition) is 4. The van der Waals surface area contributed by atoms with Crippen LogP contribution in [0.3, 0.4) is 0 Å². The molecule has 0 unspecified atom stereocenters. The number of aromatic nitrogens is 4. The monoisotopic (exact) mass is 267 g/mol. The van der Waals surface area contributed by atoms with Gasteiger partial charge in [0.15, 0.2) is 5.65 Å². The highest BCUT2D eigenvalue weighted by Gasteiger charge is 2.03. The van der Waals surface area contributed by atoms with E-state index in [2.05, 4.69) is 32.6 Å². The first-order chi connectivity index (χ1) is 9.83. The molecule has 0 aliphatic carbocycles. The van der Waals surface area contributed by atoms with Crippen LogP contribution in [-0.4, -0.2) is 26.1 Å². The van der Waals surface area contributed by atoms with Gasteiger partial charge in [-0.1, -0.05) is 12.1 Å². The van der Waals surface area contributed by atoms with E-state index in [1.54, 1.807) is 0 Å². The number of rotatable bonds is 5. The number of nitrogens with zero attached hydrogens (tertiary/aromatic N) is 4. The first-order valence-corrected chi connectivity index (χ1v) is 6.74. The van der Waals surface area contributed by atoms with Gasteiger partial charge in [-0.25, -0.2) is 0 Å². The van der Waals surface area contributed by atoms with Crippen LogP contribution in [0.2, 0.25) is 0 Å². The van der Waals surface area contributed by atoms with Gasteiger partial charge in [0, 0.05) is 31.9 Å². The van der Waals surface area contributed by atoms with Gasteiger partial charge in [-0.15, -0.1) is 10.2 Å². The van der Waals surface area contributed by atoms with Gasteiger partial charge in [-0.3, -0.25) is 9.38 Å². The molecule has 0 amide bonds. The molecule has 1 N–H and O–H groups in total. The lowest BCUT2D eigenvalue weighted by atomic mass is 10.3. The highest BCUT2D eigenvalue weighted by molar-refractivity contribution is 5.36. The highest BCUT2D eigenvalue weighted by atomic mass is 15.2. The normalized spacial score (nSPS) is 11.1. The summed E-state index contributed by atoms with van der Waals surface area (Å²) in [6.07, 6.45) is 4.73. The number of nitrogens with one attached hydrogen (secondary N) is 1. The minimum atomic E-state index is 0.775. The summed E-state index contributed by atoms with van der Waals surface area (Å²) in [4.78, 5) is 4.37. The van der Waals surface area contributed by atoms with Gasteiger partial charge < -0.3 is 5.32 Å². The third-order valence-electron chi connectivity index (χ3n) is 3.19. The van der Waals surface area contributed by atoms with Crippen LogP contribution in [0, 0.1) is 6.92 Å². The molecule has 0 atom stereocenters. The summed E-state index contributed by atoms with van der Waals surface area (Å²) in [5, 5.41) is 11.7. The fraction of sp³-hybridized carbons (Fsp3) is 0.267. The summed E-state index contributed by atoms with van der Waals surface area (Å²) in [6.45, 7) is 3.67. The van der Waals surface area contributed by atoms with E-state index >= 15 is 0 Å². The lowest BCUT2D eigenvalue weighted by molar-refractivity contribution is 0.657. The van der Waals surface area contributed by atoms with Crippen LogP contribution in [-0.2, 0) is 13.0 Å². The molecule has 0 aromatic carbocycles. The van der Waals surface area contributed by atoms with E-state index in [4.69, 9.17) is 0 Å². The maximum Gasteiger partial charge on any atom is 0.160 e. The number of aryl methyl sites for hydroxylation is 1. The van der Waals surface area contributed by atoms with Gasteiger partial charge in [-0.05, 0) is 30.7 Å². The molecule has 102 valence electrons. The second-order valence-electron chi connectivity index (χ2n) is 4.80. The molecule has 3 heterocycles. The van der Waals surface area contributed by atoms with E-state index in [0.29, 0.717) is 0 Å². The van der Waals surface area contributed by atoms with Gasteiger partial charge in [0.25, 0.3) is 0 Å². The van der Waals surface area contributed by atoms with Crippen LogP contribution < -0.4 is 5.32 Å². The third-order valence-corrected chi connectivity index (χ3v) is 3.19. The summed E-state index contributed by atoms with van der Waals surface area (Å²) >= 11 is 0. The largest absolute Gasteiger partial charge is 0.311 e. The molecular formula is C15H17N5. The van der Waals surface area contributed by atoms with Crippen LogP contribution in [0.25, 0.3) is 5.65 Å². The Morgan fingerprint density at radius 2 is 2.10 bits per heavy atom. The van der Waals surface area contributed by atoms with Crippen molar-refractivity contribution in [3.05, 3.63) is 59.8 Å². The Morgan fingerprint density at radius 3 is 2.95 bits per heavy atom.